The number of rotatable bonds is 3. The van der Waals surface area contributed by atoms with Gasteiger partial charge < -0.3 is 10.7 Å². The van der Waals surface area contributed by atoms with Crippen molar-refractivity contribution in [2.45, 2.75) is 6.92 Å². The van der Waals surface area contributed by atoms with E-state index in [1.54, 1.807) is 19.1 Å². The van der Waals surface area contributed by atoms with Crippen molar-refractivity contribution in [1.82, 2.24) is 4.98 Å². The molecule has 0 aliphatic rings. The monoisotopic (exact) mass is 338 g/mol. The lowest BCUT2D eigenvalue weighted by Gasteiger charge is -2.09. The zero-order chi connectivity index (χ0) is 14.7. The van der Waals surface area contributed by atoms with Gasteiger partial charge in [0.2, 0.25) is 0 Å². The standard InChI is InChI=1S/C13H12BrFN4O/c1-7-4-10(15)9(14)5-12(7)18-13(20)11-3-2-8(19-16)6-17-11/h2-6,19H,16H2,1H3,(H,18,20). The van der Waals surface area contributed by atoms with Crippen LogP contribution in [-0.2, 0) is 0 Å². The van der Waals surface area contributed by atoms with Crippen LogP contribution < -0.4 is 16.6 Å². The fourth-order valence-corrected chi connectivity index (χ4v) is 1.92. The molecule has 0 spiro atoms. The number of hydrogen-bond acceptors (Lipinski definition) is 4. The molecule has 0 bridgehead atoms. The van der Waals surface area contributed by atoms with Crippen molar-refractivity contribution in [3.63, 3.8) is 0 Å². The lowest BCUT2D eigenvalue weighted by molar-refractivity contribution is 0.102. The van der Waals surface area contributed by atoms with E-state index in [1.807, 2.05) is 0 Å². The number of nitrogens with two attached hydrogens (primary N) is 1. The second-order valence-electron chi connectivity index (χ2n) is 4.11. The maximum Gasteiger partial charge on any atom is 0.274 e. The third-order valence-electron chi connectivity index (χ3n) is 2.68. The average molecular weight is 339 g/mol. The van der Waals surface area contributed by atoms with Gasteiger partial charge in [0.25, 0.3) is 5.91 Å². The summed E-state index contributed by atoms with van der Waals surface area (Å²) >= 11 is 3.08. The smallest absolute Gasteiger partial charge is 0.274 e. The molecule has 0 radical (unpaired) electrons. The van der Waals surface area contributed by atoms with Crippen molar-refractivity contribution in [1.29, 1.82) is 0 Å². The molecule has 20 heavy (non-hydrogen) atoms. The Morgan fingerprint density at radius 3 is 2.75 bits per heavy atom. The lowest BCUT2D eigenvalue weighted by atomic mass is 10.2. The third-order valence-corrected chi connectivity index (χ3v) is 3.29. The Kier molecular flexibility index (Phi) is 4.31. The number of nitrogens with one attached hydrogen (secondary N) is 2. The number of nitrogen functional groups attached to an aromatic ring is 1. The predicted octanol–water partition coefficient (Wildman–Crippen LogP) is 2.83. The predicted molar refractivity (Wildman–Crippen MR) is 78.8 cm³/mol. The average Bonchev–Trinajstić information content (AvgIpc) is 2.44. The van der Waals surface area contributed by atoms with Gasteiger partial charge in [0, 0.05) is 5.69 Å². The number of aryl methyl sites for hydroxylation is 1. The molecular weight excluding hydrogens is 327 g/mol. The number of hydrogen-bond donors (Lipinski definition) is 3. The van der Waals surface area contributed by atoms with Gasteiger partial charge in [-0.05, 0) is 52.7 Å². The number of benzene rings is 1. The van der Waals surface area contributed by atoms with Gasteiger partial charge >= 0.3 is 0 Å². The molecule has 0 unspecified atom stereocenters. The van der Waals surface area contributed by atoms with Gasteiger partial charge in [0.1, 0.15) is 11.5 Å². The Bertz CT molecular complexity index is 646. The quantitative estimate of drug-likeness (QED) is 0.593. The van der Waals surface area contributed by atoms with Crippen LogP contribution in [0.2, 0.25) is 0 Å². The summed E-state index contributed by atoms with van der Waals surface area (Å²) in [5, 5.41) is 2.68. The Morgan fingerprint density at radius 1 is 1.40 bits per heavy atom. The molecule has 1 heterocycles. The molecule has 0 saturated heterocycles. The molecule has 0 aliphatic carbocycles. The lowest BCUT2D eigenvalue weighted by Crippen LogP contribution is -2.15. The number of hydrazine groups is 1. The Balaban J connectivity index is 2.20. The zero-order valence-corrected chi connectivity index (χ0v) is 12.2. The van der Waals surface area contributed by atoms with Crippen LogP contribution in [0.5, 0.6) is 0 Å². The number of aromatic nitrogens is 1. The van der Waals surface area contributed by atoms with Gasteiger partial charge in [0.15, 0.2) is 0 Å². The van der Waals surface area contributed by atoms with Crippen LogP contribution in [0.25, 0.3) is 0 Å². The number of amides is 1. The van der Waals surface area contributed by atoms with E-state index in [0.29, 0.717) is 16.9 Å². The van der Waals surface area contributed by atoms with Crippen molar-refractivity contribution in [3.8, 4) is 0 Å². The van der Waals surface area contributed by atoms with Gasteiger partial charge in [0.05, 0.1) is 16.4 Å². The summed E-state index contributed by atoms with van der Waals surface area (Å²) in [6.45, 7) is 1.71. The maximum absolute atomic E-state index is 13.3. The molecular formula is C13H12BrFN4O. The molecule has 0 saturated carbocycles. The molecule has 0 aliphatic heterocycles. The summed E-state index contributed by atoms with van der Waals surface area (Å²) in [7, 11) is 0. The second kappa shape index (κ2) is 5.98. The number of nitrogens with zero attached hydrogens (tertiary/aromatic N) is 1. The first-order chi connectivity index (χ1) is 9.51. The minimum absolute atomic E-state index is 0.240. The van der Waals surface area contributed by atoms with Gasteiger partial charge in [-0.3, -0.25) is 10.6 Å². The third kappa shape index (κ3) is 3.12. The van der Waals surface area contributed by atoms with E-state index in [4.69, 9.17) is 5.84 Å². The molecule has 0 atom stereocenters. The van der Waals surface area contributed by atoms with E-state index in [-0.39, 0.29) is 21.9 Å². The molecule has 0 fully saturated rings. The highest BCUT2D eigenvalue weighted by atomic mass is 79.9. The van der Waals surface area contributed by atoms with Crippen LogP contribution in [0.4, 0.5) is 15.8 Å². The SMILES string of the molecule is Cc1cc(F)c(Br)cc1NC(=O)c1ccc(NN)cn1. The molecule has 7 heteroatoms. The van der Waals surface area contributed by atoms with E-state index in [2.05, 4.69) is 31.7 Å². The molecule has 5 nitrogen and oxygen atoms in total. The van der Waals surface area contributed by atoms with Gasteiger partial charge in [-0.1, -0.05) is 0 Å². The zero-order valence-electron chi connectivity index (χ0n) is 10.6. The van der Waals surface area contributed by atoms with Crippen molar-refractivity contribution >= 4 is 33.2 Å². The van der Waals surface area contributed by atoms with Gasteiger partial charge in [-0.2, -0.15) is 0 Å². The van der Waals surface area contributed by atoms with Crippen LogP contribution in [0, 0.1) is 12.7 Å². The van der Waals surface area contributed by atoms with E-state index in [0.717, 1.165) is 0 Å². The normalized spacial score (nSPS) is 10.2. The highest BCUT2D eigenvalue weighted by Crippen LogP contribution is 2.24. The van der Waals surface area contributed by atoms with Crippen LogP contribution in [0.3, 0.4) is 0 Å². The van der Waals surface area contributed by atoms with E-state index in [1.165, 1.54) is 18.3 Å². The first kappa shape index (κ1) is 14.4. The molecule has 4 N–H and O–H groups in total. The summed E-state index contributed by atoms with van der Waals surface area (Å²) in [5.41, 5.74) is 4.41. The molecule has 2 rings (SSSR count). The van der Waals surface area contributed by atoms with Crippen molar-refractivity contribution in [3.05, 3.63) is 52.0 Å². The number of anilines is 2. The summed E-state index contributed by atoms with van der Waals surface area (Å²) in [5.74, 6) is 4.46. The van der Waals surface area contributed by atoms with Crippen LogP contribution in [-0.4, -0.2) is 10.9 Å². The topological polar surface area (TPSA) is 80.0 Å². The van der Waals surface area contributed by atoms with E-state index >= 15 is 0 Å². The van der Waals surface area contributed by atoms with Crippen LogP contribution >= 0.6 is 15.9 Å². The molecule has 1 amide bonds. The summed E-state index contributed by atoms with van der Waals surface area (Å²) in [4.78, 5) is 16.0. The summed E-state index contributed by atoms with van der Waals surface area (Å²) in [6, 6.07) is 6.03. The molecule has 2 aromatic rings. The minimum atomic E-state index is -0.379. The Hall–Kier alpha value is -1.99. The largest absolute Gasteiger partial charge is 0.323 e. The number of pyridine rings is 1. The first-order valence-electron chi connectivity index (χ1n) is 5.71. The fraction of sp³-hybridized carbons (Fsp3) is 0.0769. The number of carbonyl (C=O) groups is 1. The highest BCUT2D eigenvalue weighted by Gasteiger charge is 2.11. The molecule has 1 aromatic heterocycles. The maximum atomic E-state index is 13.3. The number of halogens is 2. The van der Waals surface area contributed by atoms with Crippen molar-refractivity contribution in [2.75, 3.05) is 10.7 Å². The molecule has 104 valence electrons. The van der Waals surface area contributed by atoms with Gasteiger partial charge in [-0.15, -0.1) is 0 Å². The van der Waals surface area contributed by atoms with Gasteiger partial charge in [-0.25, -0.2) is 9.37 Å². The number of carbonyl (C=O) groups excluding carboxylic acids is 1. The summed E-state index contributed by atoms with van der Waals surface area (Å²) in [6.07, 6.45) is 1.45. The fourth-order valence-electron chi connectivity index (χ4n) is 1.58. The second-order valence-corrected chi connectivity index (χ2v) is 4.97. The van der Waals surface area contributed by atoms with E-state index < -0.39 is 0 Å². The van der Waals surface area contributed by atoms with Crippen LogP contribution in [0.15, 0.2) is 34.9 Å². The van der Waals surface area contributed by atoms with Crippen LogP contribution in [0.1, 0.15) is 16.1 Å². The molecule has 1 aromatic carbocycles. The van der Waals surface area contributed by atoms with Crippen molar-refractivity contribution in [2.24, 2.45) is 5.84 Å². The Morgan fingerprint density at radius 2 is 2.15 bits per heavy atom. The van der Waals surface area contributed by atoms with E-state index in [9.17, 15) is 9.18 Å². The minimum Gasteiger partial charge on any atom is -0.323 e. The highest BCUT2D eigenvalue weighted by molar-refractivity contribution is 9.10. The Labute approximate surface area is 123 Å². The summed E-state index contributed by atoms with van der Waals surface area (Å²) < 4.78 is 13.6. The van der Waals surface area contributed by atoms with Crippen molar-refractivity contribution < 1.29 is 9.18 Å². The first-order valence-corrected chi connectivity index (χ1v) is 6.50.